The van der Waals surface area contributed by atoms with E-state index in [2.05, 4.69) is 10.1 Å². The van der Waals surface area contributed by atoms with Crippen LogP contribution in [-0.4, -0.2) is 30.8 Å². The van der Waals surface area contributed by atoms with Gasteiger partial charge in [-0.15, -0.1) is 0 Å². The zero-order chi connectivity index (χ0) is 12.0. The Balaban J connectivity index is 2.48. The van der Waals surface area contributed by atoms with E-state index < -0.39 is 0 Å². The number of hydrogen-bond acceptors (Lipinski definition) is 4. The van der Waals surface area contributed by atoms with E-state index in [1.54, 1.807) is 19.1 Å². The maximum absolute atomic E-state index is 11.2. The van der Waals surface area contributed by atoms with Gasteiger partial charge in [-0.1, -0.05) is 12.1 Å². The molecular weight excluding hydrogens is 206 g/mol. The van der Waals surface area contributed by atoms with Gasteiger partial charge in [-0.2, -0.15) is 0 Å². The lowest BCUT2D eigenvalue weighted by molar-refractivity contribution is 0.0600. The second-order valence-electron chi connectivity index (χ2n) is 3.67. The molecule has 1 aromatic carbocycles. The van der Waals surface area contributed by atoms with E-state index in [-0.39, 0.29) is 12.1 Å². The maximum Gasteiger partial charge on any atom is 0.337 e. The molecule has 0 heterocycles. The predicted octanol–water partition coefficient (Wildman–Crippen LogP) is 0.944. The van der Waals surface area contributed by atoms with Crippen molar-refractivity contribution >= 4 is 5.97 Å². The normalized spacial score (nSPS) is 12.2. The van der Waals surface area contributed by atoms with Gasteiger partial charge >= 0.3 is 5.97 Å². The summed E-state index contributed by atoms with van der Waals surface area (Å²) in [4.78, 5) is 11.2. The average Bonchev–Trinajstić information content (AvgIpc) is 2.28. The molecule has 4 nitrogen and oxygen atoms in total. The quantitative estimate of drug-likeness (QED) is 0.729. The highest BCUT2D eigenvalue weighted by molar-refractivity contribution is 5.89. The van der Waals surface area contributed by atoms with Crippen LogP contribution in [0, 0.1) is 0 Å². The van der Waals surface area contributed by atoms with Gasteiger partial charge in [0.25, 0.3) is 0 Å². The van der Waals surface area contributed by atoms with Gasteiger partial charge < -0.3 is 15.2 Å². The number of benzene rings is 1. The third-order valence-corrected chi connectivity index (χ3v) is 2.14. The van der Waals surface area contributed by atoms with Crippen molar-refractivity contribution in [3.63, 3.8) is 0 Å². The lowest BCUT2D eigenvalue weighted by Crippen LogP contribution is -2.23. The van der Waals surface area contributed by atoms with Crippen molar-refractivity contribution in [1.82, 2.24) is 5.32 Å². The van der Waals surface area contributed by atoms with Crippen LogP contribution in [0.4, 0.5) is 0 Å². The molecular formula is C12H17NO3. The molecule has 1 aromatic rings. The summed E-state index contributed by atoms with van der Waals surface area (Å²) in [6.07, 6.45) is -0.352. The van der Waals surface area contributed by atoms with Crippen LogP contribution in [-0.2, 0) is 11.3 Å². The first-order valence-corrected chi connectivity index (χ1v) is 5.19. The van der Waals surface area contributed by atoms with Crippen LogP contribution in [0.2, 0.25) is 0 Å². The molecule has 0 amide bonds. The average molecular weight is 223 g/mol. The largest absolute Gasteiger partial charge is 0.465 e. The molecule has 1 atom stereocenters. The Morgan fingerprint density at radius 1 is 1.44 bits per heavy atom. The molecule has 0 saturated carbocycles. The summed E-state index contributed by atoms with van der Waals surface area (Å²) in [5, 5.41) is 12.2. The second kappa shape index (κ2) is 6.25. The Kier molecular flexibility index (Phi) is 4.95. The van der Waals surface area contributed by atoms with Crippen molar-refractivity contribution in [2.75, 3.05) is 13.7 Å². The second-order valence-corrected chi connectivity index (χ2v) is 3.67. The van der Waals surface area contributed by atoms with Crippen molar-refractivity contribution in [2.45, 2.75) is 19.6 Å². The minimum Gasteiger partial charge on any atom is -0.465 e. The number of carbonyl (C=O) groups is 1. The molecule has 0 unspecified atom stereocenters. The van der Waals surface area contributed by atoms with Gasteiger partial charge in [-0.05, 0) is 24.6 Å². The van der Waals surface area contributed by atoms with Crippen LogP contribution in [0.25, 0.3) is 0 Å². The molecule has 1 rings (SSSR count). The van der Waals surface area contributed by atoms with Gasteiger partial charge in [0, 0.05) is 13.1 Å². The molecule has 0 spiro atoms. The van der Waals surface area contributed by atoms with E-state index in [1.165, 1.54) is 7.11 Å². The van der Waals surface area contributed by atoms with Gasteiger partial charge in [0.2, 0.25) is 0 Å². The summed E-state index contributed by atoms with van der Waals surface area (Å²) in [5.41, 5.74) is 1.61. The summed E-state index contributed by atoms with van der Waals surface area (Å²) in [6.45, 7) is 2.96. The molecule has 0 radical (unpaired) electrons. The molecule has 0 saturated heterocycles. The number of aliphatic hydroxyl groups is 1. The summed E-state index contributed by atoms with van der Waals surface area (Å²) in [7, 11) is 1.36. The molecule has 4 heteroatoms. The number of ether oxygens (including phenoxy) is 1. The van der Waals surface area contributed by atoms with Gasteiger partial charge in [0.05, 0.1) is 18.8 Å². The van der Waals surface area contributed by atoms with Gasteiger partial charge in [-0.3, -0.25) is 0 Å². The van der Waals surface area contributed by atoms with E-state index in [4.69, 9.17) is 5.11 Å². The van der Waals surface area contributed by atoms with E-state index in [9.17, 15) is 4.79 Å². The lowest BCUT2D eigenvalue weighted by Gasteiger charge is -2.07. The van der Waals surface area contributed by atoms with Crippen LogP contribution >= 0.6 is 0 Å². The Labute approximate surface area is 95.2 Å². The van der Waals surface area contributed by atoms with Crippen molar-refractivity contribution < 1.29 is 14.6 Å². The van der Waals surface area contributed by atoms with Crippen LogP contribution in [0.1, 0.15) is 22.8 Å². The zero-order valence-corrected chi connectivity index (χ0v) is 9.56. The van der Waals surface area contributed by atoms with Gasteiger partial charge in [0.1, 0.15) is 0 Å². The molecule has 16 heavy (non-hydrogen) atoms. The molecule has 0 fully saturated rings. The SMILES string of the molecule is COC(=O)c1ccc(CNC[C@@H](C)O)cc1. The van der Waals surface area contributed by atoms with E-state index in [0.717, 1.165) is 5.56 Å². The third kappa shape index (κ3) is 4.00. The summed E-state index contributed by atoms with van der Waals surface area (Å²) in [5.74, 6) is -0.330. The monoisotopic (exact) mass is 223 g/mol. The predicted molar refractivity (Wildman–Crippen MR) is 61.2 cm³/mol. The standard InChI is InChI=1S/C12H17NO3/c1-9(14)7-13-8-10-3-5-11(6-4-10)12(15)16-2/h3-6,9,13-14H,7-8H2,1-2H3/t9-/m1/s1. The summed E-state index contributed by atoms with van der Waals surface area (Å²) in [6, 6.07) is 7.18. The number of hydrogen-bond donors (Lipinski definition) is 2. The van der Waals surface area contributed by atoms with Crippen LogP contribution < -0.4 is 5.32 Å². The van der Waals surface area contributed by atoms with Crippen molar-refractivity contribution in [3.05, 3.63) is 35.4 Å². The Morgan fingerprint density at radius 3 is 2.56 bits per heavy atom. The number of rotatable bonds is 5. The topological polar surface area (TPSA) is 58.6 Å². The lowest BCUT2D eigenvalue weighted by atomic mass is 10.1. The first-order valence-electron chi connectivity index (χ1n) is 5.19. The van der Waals surface area contributed by atoms with E-state index in [0.29, 0.717) is 18.7 Å². The fourth-order valence-electron chi connectivity index (χ4n) is 1.30. The van der Waals surface area contributed by atoms with Gasteiger partial charge in [0.15, 0.2) is 0 Å². The molecule has 0 aliphatic heterocycles. The van der Waals surface area contributed by atoms with Crippen molar-refractivity contribution in [1.29, 1.82) is 0 Å². The maximum atomic E-state index is 11.2. The molecule has 0 bridgehead atoms. The van der Waals surface area contributed by atoms with Crippen LogP contribution in [0.5, 0.6) is 0 Å². The number of methoxy groups -OCH3 is 1. The van der Waals surface area contributed by atoms with E-state index in [1.807, 2.05) is 12.1 Å². The van der Waals surface area contributed by atoms with Crippen molar-refractivity contribution in [2.24, 2.45) is 0 Å². The molecule has 2 N–H and O–H groups in total. The molecule has 88 valence electrons. The first-order chi connectivity index (χ1) is 7.63. The summed E-state index contributed by atoms with van der Waals surface area (Å²) < 4.78 is 4.60. The van der Waals surface area contributed by atoms with Crippen LogP contribution in [0.15, 0.2) is 24.3 Å². The Hall–Kier alpha value is -1.39. The highest BCUT2D eigenvalue weighted by Crippen LogP contribution is 2.05. The van der Waals surface area contributed by atoms with E-state index >= 15 is 0 Å². The Bertz CT molecular complexity index is 333. The highest BCUT2D eigenvalue weighted by Gasteiger charge is 2.04. The zero-order valence-electron chi connectivity index (χ0n) is 9.56. The summed E-state index contributed by atoms with van der Waals surface area (Å²) >= 11 is 0. The third-order valence-electron chi connectivity index (χ3n) is 2.14. The minimum absolute atomic E-state index is 0.330. The minimum atomic E-state index is -0.352. The smallest absolute Gasteiger partial charge is 0.337 e. The first kappa shape index (κ1) is 12.7. The number of carbonyl (C=O) groups excluding carboxylic acids is 1. The Morgan fingerprint density at radius 2 is 2.06 bits per heavy atom. The molecule has 0 aliphatic carbocycles. The highest BCUT2D eigenvalue weighted by atomic mass is 16.5. The number of nitrogens with one attached hydrogen (secondary N) is 1. The number of aliphatic hydroxyl groups excluding tert-OH is 1. The van der Waals surface area contributed by atoms with Crippen molar-refractivity contribution in [3.8, 4) is 0 Å². The fraction of sp³-hybridized carbons (Fsp3) is 0.417. The molecule has 0 aliphatic rings. The number of esters is 1. The van der Waals surface area contributed by atoms with Gasteiger partial charge in [-0.25, -0.2) is 4.79 Å². The fourth-order valence-corrected chi connectivity index (χ4v) is 1.30. The molecule has 0 aromatic heterocycles. The van der Waals surface area contributed by atoms with Crippen LogP contribution in [0.3, 0.4) is 0 Å².